The molecular formula is C11H10N4O4S. The summed E-state index contributed by atoms with van der Waals surface area (Å²) in [7, 11) is 1.54. The average molecular weight is 294 g/mol. The second-order valence-corrected chi connectivity index (χ2v) is 4.88. The standard InChI is InChI=1S/C11H10N4O4S/c1-5-6(10(18)19)3-4-7(12-5)20-11-13-8(16)9(17)14-15(11)2/h3-4H,1-2H3,(H,14,17)(H,18,19). The summed E-state index contributed by atoms with van der Waals surface area (Å²) < 4.78 is 1.30. The van der Waals surface area contributed by atoms with Crippen LogP contribution in [0, 0.1) is 6.92 Å². The summed E-state index contributed by atoms with van der Waals surface area (Å²) in [6.45, 7) is 1.58. The van der Waals surface area contributed by atoms with Gasteiger partial charge in [0.2, 0.25) is 0 Å². The molecule has 0 saturated carbocycles. The number of rotatable bonds is 3. The molecule has 8 nitrogen and oxygen atoms in total. The van der Waals surface area contributed by atoms with E-state index in [9.17, 15) is 14.4 Å². The zero-order valence-electron chi connectivity index (χ0n) is 10.6. The Morgan fingerprint density at radius 2 is 2.05 bits per heavy atom. The number of carboxylic acid groups (broad SMARTS) is 1. The highest BCUT2D eigenvalue weighted by Gasteiger charge is 2.11. The molecule has 2 aromatic rings. The van der Waals surface area contributed by atoms with Gasteiger partial charge in [0.05, 0.1) is 11.3 Å². The van der Waals surface area contributed by atoms with Gasteiger partial charge in [0, 0.05) is 7.05 Å². The van der Waals surface area contributed by atoms with Gasteiger partial charge in [-0.3, -0.25) is 19.4 Å². The van der Waals surface area contributed by atoms with Gasteiger partial charge in [0.15, 0.2) is 5.16 Å². The van der Waals surface area contributed by atoms with Crippen molar-refractivity contribution in [3.8, 4) is 0 Å². The summed E-state index contributed by atoms with van der Waals surface area (Å²) in [5, 5.41) is 12.0. The number of hydrogen-bond acceptors (Lipinski definition) is 6. The first-order valence-corrected chi connectivity index (χ1v) is 6.26. The molecule has 2 aromatic heterocycles. The van der Waals surface area contributed by atoms with Crippen LogP contribution in [0.4, 0.5) is 0 Å². The normalized spacial score (nSPS) is 10.5. The lowest BCUT2D eigenvalue weighted by Gasteiger charge is -2.06. The maximum Gasteiger partial charge on any atom is 0.339 e. The molecule has 2 rings (SSSR count). The maximum atomic E-state index is 11.2. The summed E-state index contributed by atoms with van der Waals surface area (Å²) in [5.74, 6) is -1.05. The van der Waals surface area contributed by atoms with Crippen LogP contribution in [-0.4, -0.2) is 30.8 Å². The van der Waals surface area contributed by atoms with E-state index in [4.69, 9.17) is 5.11 Å². The van der Waals surface area contributed by atoms with Gasteiger partial charge in [0.1, 0.15) is 5.03 Å². The van der Waals surface area contributed by atoms with Crippen LogP contribution in [-0.2, 0) is 7.05 Å². The number of carboxylic acids is 1. The molecule has 0 unspecified atom stereocenters. The first-order valence-electron chi connectivity index (χ1n) is 5.44. The van der Waals surface area contributed by atoms with Crippen molar-refractivity contribution in [1.82, 2.24) is 19.7 Å². The summed E-state index contributed by atoms with van der Waals surface area (Å²) in [6, 6.07) is 2.94. The average Bonchev–Trinajstić information content (AvgIpc) is 2.35. The molecular weight excluding hydrogens is 284 g/mol. The lowest BCUT2D eigenvalue weighted by molar-refractivity contribution is 0.0695. The summed E-state index contributed by atoms with van der Waals surface area (Å²) >= 11 is 1.05. The lowest BCUT2D eigenvalue weighted by Crippen LogP contribution is -2.33. The number of nitrogens with one attached hydrogen (secondary N) is 1. The van der Waals surface area contributed by atoms with Crippen molar-refractivity contribution < 1.29 is 9.90 Å². The van der Waals surface area contributed by atoms with Crippen LogP contribution in [0.5, 0.6) is 0 Å². The molecule has 0 spiro atoms. The van der Waals surface area contributed by atoms with Gasteiger partial charge in [-0.25, -0.2) is 9.78 Å². The van der Waals surface area contributed by atoms with Gasteiger partial charge >= 0.3 is 17.1 Å². The number of hydrogen-bond donors (Lipinski definition) is 2. The van der Waals surface area contributed by atoms with Crippen LogP contribution in [0.25, 0.3) is 0 Å². The van der Waals surface area contributed by atoms with Crippen molar-refractivity contribution in [2.75, 3.05) is 0 Å². The number of H-pyrrole nitrogens is 1. The molecule has 104 valence electrons. The number of carbonyl (C=O) groups is 1. The van der Waals surface area contributed by atoms with Gasteiger partial charge in [-0.1, -0.05) is 0 Å². The van der Waals surface area contributed by atoms with E-state index in [0.29, 0.717) is 10.7 Å². The molecule has 2 heterocycles. The van der Waals surface area contributed by atoms with Crippen LogP contribution in [0.1, 0.15) is 16.1 Å². The molecule has 0 saturated heterocycles. The monoisotopic (exact) mass is 294 g/mol. The van der Waals surface area contributed by atoms with Crippen molar-refractivity contribution in [2.24, 2.45) is 7.05 Å². The lowest BCUT2D eigenvalue weighted by atomic mass is 10.2. The number of nitrogens with zero attached hydrogens (tertiary/aromatic N) is 3. The predicted octanol–water partition coefficient (Wildman–Crippen LogP) is 0.0214. The van der Waals surface area contributed by atoms with E-state index < -0.39 is 17.1 Å². The highest BCUT2D eigenvalue weighted by molar-refractivity contribution is 7.99. The predicted molar refractivity (Wildman–Crippen MR) is 70.2 cm³/mol. The fraction of sp³-hybridized carbons (Fsp3) is 0.182. The summed E-state index contributed by atoms with van der Waals surface area (Å²) in [5.41, 5.74) is -1.22. The van der Waals surface area contributed by atoms with Gasteiger partial charge in [-0.15, -0.1) is 0 Å². The SMILES string of the molecule is Cc1nc(Sc2nc(=O)c(=O)[nH]n2C)ccc1C(=O)O. The molecule has 0 radical (unpaired) electrons. The van der Waals surface area contributed by atoms with Crippen LogP contribution in [0.3, 0.4) is 0 Å². The zero-order valence-corrected chi connectivity index (χ0v) is 11.4. The van der Waals surface area contributed by atoms with E-state index in [1.165, 1.54) is 23.9 Å². The third kappa shape index (κ3) is 2.77. The van der Waals surface area contributed by atoms with Gasteiger partial charge in [-0.05, 0) is 30.8 Å². The zero-order chi connectivity index (χ0) is 14.9. The summed E-state index contributed by atoms with van der Waals surface area (Å²) in [6.07, 6.45) is 0. The first-order chi connectivity index (χ1) is 9.38. The van der Waals surface area contributed by atoms with Crippen molar-refractivity contribution >= 4 is 17.7 Å². The molecule has 0 aromatic carbocycles. The van der Waals surface area contributed by atoms with Crippen molar-refractivity contribution in [2.45, 2.75) is 17.1 Å². The second kappa shape index (κ2) is 5.29. The minimum atomic E-state index is -1.05. The van der Waals surface area contributed by atoms with Gasteiger partial charge < -0.3 is 5.11 Å². The second-order valence-electron chi connectivity index (χ2n) is 3.89. The molecule has 0 atom stereocenters. The molecule has 9 heteroatoms. The molecule has 0 fully saturated rings. The van der Waals surface area contributed by atoms with Crippen molar-refractivity contribution in [3.05, 3.63) is 44.1 Å². The van der Waals surface area contributed by atoms with E-state index in [1.807, 2.05) is 0 Å². The Morgan fingerprint density at radius 1 is 1.35 bits per heavy atom. The number of aromatic amines is 1. The fourth-order valence-electron chi connectivity index (χ4n) is 1.47. The first kappa shape index (κ1) is 14.0. The van der Waals surface area contributed by atoms with Crippen molar-refractivity contribution in [3.63, 3.8) is 0 Å². The highest BCUT2D eigenvalue weighted by atomic mass is 32.2. The van der Waals surface area contributed by atoms with E-state index in [2.05, 4.69) is 15.1 Å². The molecule has 0 aliphatic carbocycles. The number of aromatic carboxylic acids is 1. The number of aryl methyl sites for hydroxylation is 2. The van der Waals surface area contributed by atoms with E-state index in [1.54, 1.807) is 6.92 Å². The molecule has 0 aliphatic rings. The molecule has 2 N–H and O–H groups in total. The Hall–Kier alpha value is -2.42. The Bertz CT molecular complexity index is 796. The molecule has 0 amide bonds. The summed E-state index contributed by atoms with van der Waals surface area (Å²) in [4.78, 5) is 40.9. The van der Waals surface area contributed by atoms with Gasteiger partial charge in [-0.2, -0.15) is 4.98 Å². The third-order valence-corrected chi connectivity index (χ3v) is 3.42. The van der Waals surface area contributed by atoms with Crippen molar-refractivity contribution in [1.29, 1.82) is 0 Å². The molecule has 20 heavy (non-hydrogen) atoms. The van der Waals surface area contributed by atoms with E-state index in [0.717, 1.165) is 11.8 Å². The van der Waals surface area contributed by atoms with E-state index >= 15 is 0 Å². The Morgan fingerprint density at radius 3 is 2.65 bits per heavy atom. The van der Waals surface area contributed by atoms with Gasteiger partial charge in [0.25, 0.3) is 0 Å². The fourth-order valence-corrected chi connectivity index (χ4v) is 2.28. The smallest absolute Gasteiger partial charge is 0.339 e. The van der Waals surface area contributed by atoms with Crippen LogP contribution in [0.2, 0.25) is 0 Å². The quantitative estimate of drug-likeness (QED) is 0.766. The minimum Gasteiger partial charge on any atom is -0.478 e. The van der Waals surface area contributed by atoms with Crippen LogP contribution >= 0.6 is 11.8 Å². The Kier molecular flexibility index (Phi) is 3.70. The number of aromatic nitrogens is 4. The Labute approximate surface area is 116 Å². The van der Waals surface area contributed by atoms with E-state index in [-0.39, 0.29) is 10.7 Å². The Balaban J connectivity index is 2.38. The minimum absolute atomic E-state index is 0.109. The topological polar surface area (TPSA) is 118 Å². The molecule has 0 bridgehead atoms. The highest BCUT2D eigenvalue weighted by Crippen LogP contribution is 2.23. The number of pyridine rings is 1. The maximum absolute atomic E-state index is 11.2. The van der Waals surface area contributed by atoms with Crippen LogP contribution < -0.4 is 11.1 Å². The van der Waals surface area contributed by atoms with Crippen LogP contribution in [0.15, 0.2) is 31.9 Å². The third-order valence-electron chi connectivity index (χ3n) is 2.43. The molecule has 0 aliphatic heterocycles. The largest absolute Gasteiger partial charge is 0.478 e.